The van der Waals surface area contributed by atoms with Crippen molar-refractivity contribution in [3.05, 3.63) is 63.2 Å². The van der Waals surface area contributed by atoms with Gasteiger partial charge in [0.2, 0.25) is 0 Å². The molecule has 1 fully saturated rings. The number of likely N-dealkylation sites (N-methyl/N-ethyl adjacent to an activating group) is 1. The van der Waals surface area contributed by atoms with Crippen LogP contribution in [-0.2, 0) is 12.7 Å². The highest BCUT2D eigenvalue weighted by Gasteiger charge is 2.36. The van der Waals surface area contributed by atoms with Crippen molar-refractivity contribution in [2.24, 2.45) is 5.92 Å². The third-order valence-corrected chi connectivity index (χ3v) is 5.97. The average molecular weight is 418 g/mol. The van der Waals surface area contributed by atoms with Crippen LogP contribution in [0.5, 0.6) is 0 Å². The summed E-state index contributed by atoms with van der Waals surface area (Å²) >= 11 is 0. The van der Waals surface area contributed by atoms with E-state index in [1.54, 1.807) is 12.3 Å². The minimum Gasteiger partial charge on any atom is -0.376 e. The Morgan fingerprint density at radius 1 is 1.27 bits per heavy atom. The molecule has 0 saturated carbocycles. The molecule has 30 heavy (non-hydrogen) atoms. The molecule has 0 atom stereocenters. The van der Waals surface area contributed by atoms with E-state index in [-0.39, 0.29) is 11.1 Å². The van der Waals surface area contributed by atoms with Gasteiger partial charge < -0.3 is 9.88 Å². The van der Waals surface area contributed by atoms with Crippen molar-refractivity contribution in [3.8, 4) is 0 Å². The fraction of sp³-hybridized carbons (Fsp3) is 0.455. The van der Waals surface area contributed by atoms with E-state index < -0.39 is 17.3 Å². The van der Waals surface area contributed by atoms with Crippen LogP contribution in [0.1, 0.15) is 29.5 Å². The molecule has 160 valence electrons. The fourth-order valence-electron chi connectivity index (χ4n) is 4.43. The molecule has 8 heteroatoms. The lowest BCUT2D eigenvalue weighted by Gasteiger charge is -2.33. The van der Waals surface area contributed by atoms with Gasteiger partial charge in [0.25, 0.3) is 5.56 Å². The number of aryl methyl sites for hydroxylation is 1. The predicted octanol–water partition coefficient (Wildman–Crippen LogP) is 3.85. The maximum Gasteiger partial charge on any atom is 0.422 e. The first-order valence-electron chi connectivity index (χ1n) is 10.1. The highest BCUT2D eigenvalue weighted by molar-refractivity contribution is 5.79. The van der Waals surface area contributed by atoms with Crippen LogP contribution in [0.3, 0.4) is 0 Å². The van der Waals surface area contributed by atoms with Crippen molar-refractivity contribution < 1.29 is 13.2 Å². The number of allylic oxidation sites excluding steroid dienone is 2. The number of piperidine rings is 1. The first kappa shape index (κ1) is 20.7. The molecule has 4 rings (SSSR count). The van der Waals surface area contributed by atoms with Gasteiger partial charge in [0.05, 0.1) is 11.0 Å². The van der Waals surface area contributed by atoms with Gasteiger partial charge in [-0.1, -0.05) is 12.2 Å². The van der Waals surface area contributed by atoms with Crippen LogP contribution >= 0.6 is 0 Å². The summed E-state index contributed by atoms with van der Waals surface area (Å²) in [7, 11) is 2.08. The molecule has 0 unspecified atom stereocenters. The fourth-order valence-corrected chi connectivity index (χ4v) is 4.43. The number of alkyl halides is 3. The van der Waals surface area contributed by atoms with E-state index in [1.807, 2.05) is 0 Å². The van der Waals surface area contributed by atoms with Crippen molar-refractivity contribution in [1.29, 1.82) is 0 Å². The Bertz CT molecular complexity index is 1060. The van der Waals surface area contributed by atoms with Crippen molar-refractivity contribution >= 4 is 11.0 Å². The van der Waals surface area contributed by atoms with E-state index >= 15 is 0 Å². The second kappa shape index (κ2) is 7.91. The third kappa shape index (κ3) is 4.14. The predicted molar refractivity (Wildman–Crippen MR) is 110 cm³/mol. The molecule has 2 aliphatic heterocycles. The van der Waals surface area contributed by atoms with Gasteiger partial charge in [0.1, 0.15) is 5.56 Å². The van der Waals surface area contributed by atoms with Gasteiger partial charge in [-0.25, -0.2) is 0 Å². The number of hydrogen-bond donors (Lipinski definition) is 1. The number of likely N-dealkylation sites (tertiary alicyclic amines) is 1. The van der Waals surface area contributed by atoms with Gasteiger partial charge in [-0.2, -0.15) is 13.2 Å². The maximum atomic E-state index is 13.1. The van der Waals surface area contributed by atoms with Gasteiger partial charge in [-0.15, -0.1) is 0 Å². The Balaban J connectivity index is 1.48. The van der Waals surface area contributed by atoms with Gasteiger partial charge in [0, 0.05) is 32.5 Å². The molecule has 0 bridgehead atoms. The van der Waals surface area contributed by atoms with Crippen LogP contribution in [0.25, 0.3) is 11.0 Å². The zero-order valence-electron chi connectivity index (χ0n) is 17.1. The summed E-state index contributed by atoms with van der Waals surface area (Å²) in [4.78, 5) is 23.1. The second-order valence-electron chi connectivity index (χ2n) is 8.21. The molecule has 0 aliphatic carbocycles. The van der Waals surface area contributed by atoms with Crippen LogP contribution in [0, 0.1) is 12.8 Å². The number of H-pyrrole nitrogens is 1. The number of halogens is 3. The standard InChI is InChI=1S/C22H25F3N4O/c1-14-19(22(23,24)25)21(30)27-18-10-15(11-26-20(14)18)12-29-8-5-16(6-9-29)17-4-3-7-28(2)13-17/h3-4,10-11,13,16H,5-9,12H2,1-2H3,(H,27,30). The molecule has 1 N–H and O–H groups in total. The molecular formula is C22H25F3N4O. The van der Waals surface area contributed by atoms with E-state index in [0.717, 1.165) is 38.0 Å². The van der Waals surface area contributed by atoms with Gasteiger partial charge >= 0.3 is 6.18 Å². The molecule has 0 radical (unpaired) electrons. The molecule has 2 aliphatic rings. The summed E-state index contributed by atoms with van der Waals surface area (Å²) in [5.74, 6) is 0.551. The molecule has 2 aromatic rings. The van der Waals surface area contributed by atoms with E-state index in [4.69, 9.17) is 0 Å². The SMILES string of the molecule is Cc1c(C(F)(F)F)c(=O)[nH]c2cc(CN3CCC(C4=CN(C)CC=C4)CC3)cnc12. The Kier molecular flexibility index (Phi) is 5.44. The van der Waals surface area contributed by atoms with Crippen molar-refractivity contribution in [3.63, 3.8) is 0 Å². The van der Waals surface area contributed by atoms with Gasteiger partial charge in [-0.3, -0.25) is 14.7 Å². The zero-order chi connectivity index (χ0) is 21.5. The van der Waals surface area contributed by atoms with E-state index in [2.05, 4.69) is 45.2 Å². The quantitative estimate of drug-likeness (QED) is 0.823. The summed E-state index contributed by atoms with van der Waals surface area (Å²) in [5, 5.41) is 0. The third-order valence-electron chi connectivity index (χ3n) is 5.97. The smallest absolute Gasteiger partial charge is 0.376 e. The summed E-state index contributed by atoms with van der Waals surface area (Å²) in [6.45, 7) is 4.79. The van der Waals surface area contributed by atoms with Crippen molar-refractivity contribution in [2.75, 3.05) is 26.7 Å². The van der Waals surface area contributed by atoms with E-state index in [0.29, 0.717) is 18.0 Å². The van der Waals surface area contributed by atoms with Crippen LogP contribution in [0.15, 0.2) is 41.0 Å². The highest BCUT2D eigenvalue weighted by Crippen LogP contribution is 2.32. The molecule has 1 saturated heterocycles. The lowest BCUT2D eigenvalue weighted by atomic mass is 9.88. The molecule has 0 aromatic carbocycles. The topological polar surface area (TPSA) is 52.2 Å². The lowest BCUT2D eigenvalue weighted by molar-refractivity contribution is -0.139. The largest absolute Gasteiger partial charge is 0.422 e. The zero-order valence-corrected chi connectivity index (χ0v) is 17.1. The van der Waals surface area contributed by atoms with E-state index in [9.17, 15) is 18.0 Å². The van der Waals surface area contributed by atoms with Crippen LogP contribution in [0.2, 0.25) is 0 Å². The number of rotatable bonds is 3. The molecule has 0 amide bonds. The number of fused-ring (bicyclic) bond motifs is 1. The number of pyridine rings is 2. The summed E-state index contributed by atoms with van der Waals surface area (Å²) in [5.41, 5.74) is 0.368. The summed E-state index contributed by atoms with van der Waals surface area (Å²) in [6.07, 6.45) is 5.68. The molecule has 0 spiro atoms. The Morgan fingerprint density at radius 2 is 2.00 bits per heavy atom. The van der Waals surface area contributed by atoms with Crippen LogP contribution in [0.4, 0.5) is 13.2 Å². The number of nitrogens with zero attached hydrogens (tertiary/aromatic N) is 3. The van der Waals surface area contributed by atoms with Gasteiger partial charge in [0.15, 0.2) is 0 Å². The number of hydrogen-bond acceptors (Lipinski definition) is 4. The lowest BCUT2D eigenvalue weighted by Crippen LogP contribution is -2.34. The first-order valence-corrected chi connectivity index (χ1v) is 10.1. The molecule has 4 heterocycles. The normalized spacial score (nSPS) is 18.8. The molecule has 5 nitrogen and oxygen atoms in total. The van der Waals surface area contributed by atoms with E-state index in [1.165, 1.54) is 12.5 Å². The average Bonchev–Trinajstić information content (AvgIpc) is 2.67. The van der Waals surface area contributed by atoms with Crippen LogP contribution < -0.4 is 5.56 Å². The number of aromatic nitrogens is 2. The molecular weight excluding hydrogens is 393 g/mol. The van der Waals surface area contributed by atoms with Crippen molar-refractivity contribution in [2.45, 2.75) is 32.5 Å². The number of nitrogens with one attached hydrogen (secondary N) is 1. The minimum atomic E-state index is -4.70. The second-order valence-corrected chi connectivity index (χ2v) is 8.21. The maximum absolute atomic E-state index is 13.1. The highest BCUT2D eigenvalue weighted by atomic mass is 19.4. The first-order chi connectivity index (χ1) is 14.2. The monoisotopic (exact) mass is 418 g/mol. The Hall–Kier alpha value is -2.61. The van der Waals surface area contributed by atoms with Crippen LogP contribution in [-0.4, -0.2) is 46.4 Å². The number of aromatic amines is 1. The van der Waals surface area contributed by atoms with Gasteiger partial charge in [-0.05, 0) is 61.5 Å². The summed E-state index contributed by atoms with van der Waals surface area (Å²) in [6, 6.07) is 1.74. The molecule has 2 aromatic heterocycles. The van der Waals surface area contributed by atoms with Crippen molar-refractivity contribution in [1.82, 2.24) is 19.8 Å². The Labute approximate surface area is 172 Å². The minimum absolute atomic E-state index is 0.132. The Morgan fingerprint density at radius 3 is 2.67 bits per heavy atom. The summed E-state index contributed by atoms with van der Waals surface area (Å²) < 4.78 is 39.4.